The Morgan fingerprint density at radius 2 is 1.89 bits per heavy atom. The summed E-state index contributed by atoms with van der Waals surface area (Å²) in [6.45, 7) is 14.0. The molecule has 0 radical (unpaired) electrons. The van der Waals surface area contributed by atoms with Crippen LogP contribution in [0.25, 0.3) is 38.0 Å². The van der Waals surface area contributed by atoms with Gasteiger partial charge in [-0.25, -0.2) is 9.41 Å². The number of rotatable bonds is 3. The van der Waals surface area contributed by atoms with E-state index >= 15 is 0 Å². The number of furan rings is 1. The van der Waals surface area contributed by atoms with E-state index in [2.05, 4.69) is 67.7 Å². The molecule has 0 bridgehead atoms. The van der Waals surface area contributed by atoms with E-state index in [0.717, 1.165) is 45.2 Å². The second-order valence-electron chi connectivity index (χ2n) is 7.62. The van der Waals surface area contributed by atoms with Gasteiger partial charge in [0.2, 0.25) is 5.69 Å². The Labute approximate surface area is 159 Å². The fourth-order valence-corrected chi connectivity index (χ4v) is 3.85. The SMILES string of the molecule is [C-]#[N+]c1cc(CC(C)C)c2oc3c(-c4cccc[n+]4C)c(C)ccc3c2c1. The van der Waals surface area contributed by atoms with Crippen molar-refractivity contribution < 1.29 is 8.98 Å². The summed E-state index contributed by atoms with van der Waals surface area (Å²) >= 11 is 0. The average molecular weight is 355 g/mol. The van der Waals surface area contributed by atoms with Crippen LogP contribution in [0.4, 0.5) is 5.69 Å². The van der Waals surface area contributed by atoms with Gasteiger partial charge in [0.1, 0.15) is 18.2 Å². The summed E-state index contributed by atoms with van der Waals surface area (Å²) in [4.78, 5) is 3.69. The van der Waals surface area contributed by atoms with E-state index in [1.54, 1.807) is 0 Å². The van der Waals surface area contributed by atoms with E-state index in [0.29, 0.717) is 11.6 Å². The van der Waals surface area contributed by atoms with Gasteiger partial charge in [-0.3, -0.25) is 0 Å². The predicted molar refractivity (Wildman–Crippen MR) is 110 cm³/mol. The molecule has 0 saturated heterocycles. The summed E-state index contributed by atoms with van der Waals surface area (Å²) in [6, 6.07) is 14.4. The highest BCUT2D eigenvalue weighted by Gasteiger charge is 2.21. The molecule has 0 aliphatic heterocycles. The summed E-state index contributed by atoms with van der Waals surface area (Å²) in [6.07, 6.45) is 2.95. The Balaban J connectivity index is 2.12. The summed E-state index contributed by atoms with van der Waals surface area (Å²) < 4.78 is 8.61. The van der Waals surface area contributed by atoms with Crippen LogP contribution in [0.5, 0.6) is 0 Å². The van der Waals surface area contributed by atoms with Crippen molar-refractivity contribution >= 4 is 27.6 Å². The molecule has 0 amide bonds. The smallest absolute Gasteiger partial charge is 0.216 e. The molecule has 2 aromatic heterocycles. The molecule has 27 heavy (non-hydrogen) atoms. The second-order valence-corrected chi connectivity index (χ2v) is 7.62. The highest BCUT2D eigenvalue weighted by Crippen LogP contribution is 2.40. The van der Waals surface area contributed by atoms with Crippen molar-refractivity contribution in [3.05, 3.63) is 71.2 Å². The van der Waals surface area contributed by atoms with Crippen LogP contribution in [-0.4, -0.2) is 0 Å². The first-order valence-corrected chi connectivity index (χ1v) is 9.31. The monoisotopic (exact) mass is 355 g/mol. The van der Waals surface area contributed by atoms with Crippen LogP contribution in [0.15, 0.2) is 53.1 Å². The van der Waals surface area contributed by atoms with Gasteiger partial charge in [0.05, 0.1) is 12.1 Å². The molecule has 2 aromatic carbocycles. The number of fused-ring (bicyclic) bond motifs is 3. The first kappa shape index (κ1) is 17.3. The van der Waals surface area contributed by atoms with E-state index in [1.807, 2.05) is 18.2 Å². The van der Waals surface area contributed by atoms with Crippen LogP contribution < -0.4 is 4.57 Å². The average Bonchev–Trinajstić information content (AvgIpc) is 3.01. The Kier molecular flexibility index (Phi) is 4.20. The Morgan fingerprint density at radius 1 is 1.07 bits per heavy atom. The topological polar surface area (TPSA) is 21.4 Å². The third-order valence-electron chi connectivity index (χ3n) is 5.08. The maximum Gasteiger partial charge on any atom is 0.216 e. The number of hydrogen-bond donors (Lipinski definition) is 0. The molecule has 0 atom stereocenters. The highest BCUT2D eigenvalue weighted by molar-refractivity contribution is 6.11. The molecule has 3 heteroatoms. The minimum Gasteiger partial charge on any atom is -0.455 e. The van der Waals surface area contributed by atoms with Crippen LogP contribution in [0.1, 0.15) is 25.0 Å². The molecule has 0 N–H and O–H groups in total. The molecular weight excluding hydrogens is 332 g/mol. The molecule has 4 aromatic rings. The Morgan fingerprint density at radius 3 is 2.59 bits per heavy atom. The van der Waals surface area contributed by atoms with Gasteiger partial charge in [-0.15, -0.1) is 0 Å². The lowest BCUT2D eigenvalue weighted by Crippen LogP contribution is -2.30. The van der Waals surface area contributed by atoms with Crippen LogP contribution in [0.2, 0.25) is 0 Å². The standard InChI is InChI=1S/C24H23N2O/c1-15(2)12-17-13-18(25-4)14-20-19-10-9-16(3)22(24(19)27-23(17)20)21-8-6-7-11-26(21)5/h6-11,13-15H,12H2,1-3,5H3/q+1. The largest absolute Gasteiger partial charge is 0.455 e. The fourth-order valence-electron chi connectivity index (χ4n) is 3.85. The van der Waals surface area contributed by atoms with Gasteiger partial charge < -0.3 is 4.42 Å². The van der Waals surface area contributed by atoms with Crippen molar-refractivity contribution in [2.45, 2.75) is 27.2 Å². The van der Waals surface area contributed by atoms with Crippen LogP contribution in [-0.2, 0) is 13.5 Å². The molecule has 134 valence electrons. The molecule has 0 spiro atoms. The van der Waals surface area contributed by atoms with Crippen molar-refractivity contribution in [2.24, 2.45) is 13.0 Å². The van der Waals surface area contributed by atoms with Crippen molar-refractivity contribution in [3.63, 3.8) is 0 Å². The Bertz CT molecular complexity index is 1210. The molecule has 0 aliphatic carbocycles. The molecule has 0 saturated carbocycles. The summed E-state index contributed by atoms with van der Waals surface area (Å²) in [5, 5.41) is 2.11. The van der Waals surface area contributed by atoms with Gasteiger partial charge in [0, 0.05) is 22.9 Å². The van der Waals surface area contributed by atoms with E-state index in [4.69, 9.17) is 11.0 Å². The molecule has 4 rings (SSSR count). The number of nitrogens with zero attached hydrogens (tertiary/aromatic N) is 2. The van der Waals surface area contributed by atoms with E-state index in [9.17, 15) is 0 Å². The maximum atomic E-state index is 7.49. The van der Waals surface area contributed by atoms with Gasteiger partial charge in [-0.2, -0.15) is 0 Å². The molecular formula is C24H23N2O+. The van der Waals surface area contributed by atoms with E-state index < -0.39 is 0 Å². The number of aromatic nitrogens is 1. The zero-order chi connectivity index (χ0) is 19.1. The number of hydrogen-bond acceptors (Lipinski definition) is 1. The summed E-state index contributed by atoms with van der Waals surface area (Å²) in [5.41, 5.74) is 7.02. The predicted octanol–water partition coefficient (Wildman–Crippen LogP) is 6.14. The van der Waals surface area contributed by atoms with Crippen molar-refractivity contribution in [1.29, 1.82) is 0 Å². The highest BCUT2D eigenvalue weighted by atomic mass is 16.3. The van der Waals surface area contributed by atoms with Crippen molar-refractivity contribution in [3.8, 4) is 11.3 Å². The lowest BCUT2D eigenvalue weighted by atomic mass is 9.98. The normalized spacial score (nSPS) is 11.4. The van der Waals surface area contributed by atoms with Gasteiger partial charge >= 0.3 is 0 Å². The molecule has 2 heterocycles. The summed E-state index contributed by atoms with van der Waals surface area (Å²) in [7, 11) is 2.05. The minimum absolute atomic E-state index is 0.496. The van der Waals surface area contributed by atoms with Crippen LogP contribution in [0.3, 0.4) is 0 Å². The van der Waals surface area contributed by atoms with Crippen molar-refractivity contribution in [2.75, 3.05) is 0 Å². The van der Waals surface area contributed by atoms with Crippen LogP contribution >= 0.6 is 0 Å². The third-order valence-corrected chi connectivity index (χ3v) is 5.08. The Hall–Kier alpha value is -3.12. The molecule has 0 aliphatic rings. The molecule has 0 fully saturated rings. The zero-order valence-corrected chi connectivity index (χ0v) is 16.2. The lowest BCUT2D eigenvalue weighted by Gasteiger charge is -2.06. The van der Waals surface area contributed by atoms with E-state index in [1.165, 1.54) is 5.56 Å². The first-order valence-electron chi connectivity index (χ1n) is 9.31. The fraction of sp³-hybridized carbons (Fsp3) is 0.250. The second kappa shape index (κ2) is 6.55. The maximum absolute atomic E-state index is 7.49. The van der Waals surface area contributed by atoms with Crippen LogP contribution in [0, 0.1) is 19.4 Å². The minimum atomic E-state index is 0.496. The van der Waals surface area contributed by atoms with Gasteiger partial charge in [0.25, 0.3) is 0 Å². The molecule has 3 nitrogen and oxygen atoms in total. The van der Waals surface area contributed by atoms with Gasteiger partial charge in [-0.1, -0.05) is 26.0 Å². The van der Waals surface area contributed by atoms with Crippen molar-refractivity contribution in [1.82, 2.24) is 0 Å². The zero-order valence-electron chi connectivity index (χ0n) is 16.2. The van der Waals surface area contributed by atoms with Gasteiger partial charge in [-0.05, 0) is 48.6 Å². The number of aryl methyl sites for hydroxylation is 2. The number of benzene rings is 2. The quantitative estimate of drug-likeness (QED) is 0.320. The molecule has 0 unspecified atom stereocenters. The summed E-state index contributed by atoms with van der Waals surface area (Å²) in [5.74, 6) is 0.496. The number of pyridine rings is 1. The van der Waals surface area contributed by atoms with E-state index in [-0.39, 0.29) is 0 Å². The first-order chi connectivity index (χ1) is 13.0. The van der Waals surface area contributed by atoms with Gasteiger partial charge in [0.15, 0.2) is 11.9 Å². The lowest BCUT2D eigenvalue weighted by molar-refractivity contribution is -0.660. The third kappa shape index (κ3) is 2.88.